The Labute approximate surface area is 125 Å². The molecular formula is C15H23ClN2O2. The van der Waals surface area contributed by atoms with Crippen LogP contribution in [0, 0.1) is 0 Å². The van der Waals surface area contributed by atoms with Gasteiger partial charge in [-0.2, -0.15) is 0 Å². The van der Waals surface area contributed by atoms with Crippen LogP contribution in [-0.4, -0.2) is 18.1 Å². The van der Waals surface area contributed by atoms with Crippen LogP contribution in [0.5, 0.6) is 5.75 Å². The van der Waals surface area contributed by atoms with Crippen LogP contribution in [0.3, 0.4) is 0 Å². The van der Waals surface area contributed by atoms with Crippen LogP contribution < -0.4 is 15.8 Å². The number of anilines is 1. The molecule has 0 radical (unpaired) electrons. The number of hydrogen-bond donors (Lipinski definition) is 2. The van der Waals surface area contributed by atoms with E-state index < -0.39 is 0 Å². The van der Waals surface area contributed by atoms with Crippen LogP contribution >= 0.6 is 11.6 Å². The maximum atomic E-state index is 11.7. The molecule has 0 aromatic heterocycles. The van der Waals surface area contributed by atoms with Crippen LogP contribution in [0.1, 0.15) is 40.0 Å². The summed E-state index contributed by atoms with van der Waals surface area (Å²) >= 11 is 6.11. The molecule has 0 heterocycles. The topological polar surface area (TPSA) is 64.4 Å². The summed E-state index contributed by atoms with van der Waals surface area (Å²) in [6.07, 6.45) is 2.15. The first kappa shape index (κ1) is 16.8. The number of carbonyl (C=O) groups is 1. The summed E-state index contributed by atoms with van der Waals surface area (Å²) in [6.45, 7) is 5.81. The van der Waals surface area contributed by atoms with E-state index in [9.17, 15) is 4.79 Å². The number of ether oxygens (including phenoxy) is 1. The third-order valence-electron chi connectivity index (χ3n) is 2.64. The van der Waals surface area contributed by atoms with Gasteiger partial charge in [-0.25, -0.2) is 0 Å². The number of nitrogens with two attached hydrogens (primary N) is 1. The van der Waals surface area contributed by atoms with E-state index in [4.69, 9.17) is 22.1 Å². The second kappa shape index (κ2) is 8.12. The zero-order valence-electron chi connectivity index (χ0n) is 12.3. The van der Waals surface area contributed by atoms with Gasteiger partial charge in [-0.1, -0.05) is 11.6 Å². The number of hydrogen-bond acceptors (Lipinski definition) is 3. The van der Waals surface area contributed by atoms with Gasteiger partial charge in [0.1, 0.15) is 5.75 Å². The third-order valence-corrected chi connectivity index (χ3v) is 2.94. The fourth-order valence-corrected chi connectivity index (χ4v) is 1.96. The van der Waals surface area contributed by atoms with E-state index >= 15 is 0 Å². The van der Waals surface area contributed by atoms with Crippen molar-refractivity contribution >= 4 is 23.2 Å². The predicted octanol–water partition coefficient (Wildman–Crippen LogP) is 3.58. The fourth-order valence-electron chi connectivity index (χ4n) is 1.74. The van der Waals surface area contributed by atoms with Gasteiger partial charge in [-0.15, -0.1) is 0 Å². The van der Waals surface area contributed by atoms with Gasteiger partial charge in [0.2, 0.25) is 5.91 Å². The van der Waals surface area contributed by atoms with E-state index in [-0.39, 0.29) is 18.1 Å². The Balaban J connectivity index is 2.52. The maximum Gasteiger partial charge on any atom is 0.224 e. The summed E-state index contributed by atoms with van der Waals surface area (Å²) < 4.78 is 5.54. The fraction of sp³-hybridized carbons (Fsp3) is 0.533. The van der Waals surface area contributed by atoms with Crippen molar-refractivity contribution < 1.29 is 9.53 Å². The number of nitrogens with one attached hydrogen (secondary N) is 1. The van der Waals surface area contributed by atoms with Crippen LogP contribution in [0.25, 0.3) is 0 Å². The average molecular weight is 299 g/mol. The molecule has 1 aromatic rings. The van der Waals surface area contributed by atoms with Crippen molar-refractivity contribution in [2.75, 3.05) is 5.32 Å². The highest BCUT2D eigenvalue weighted by molar-refractivity contribution is 6.32. The summed E-state index contributed by atoms with van der Waals surface area (Å²) in [7, 11) is 0. The Kier molecular flexibility index (Phi) is 6.82. The normalized spacial score (nSPS) is 12.3. The number of halogens is 1. The molecule has 0 fully saturated rings. The second-order valence-electron chi connectivity index (χ2n) is 5.23. The van der Waals surface area contributed by atoms with Gasteiger partial charge in [0, 0.05) is 18.2 Å². The van der Waals surface area contributed by atoms with Gasteiger partial charge in [0.15, 0.2) is 0 Å². The van der Waals surface area contributed by atoms with E-state index in [1.807, 2.05) is 20.8 Å². The zero-order valence-corrected chi connectivity index (χ0v) is 13.0. The molecule has 1 aromatic carbocycles. The number of rotatable bonds is 7. The van der Waals surface area contributed by atoms with Gasteiger partial charge >= 0.3 is 0 Å². The molecule has 3 N–H and O–H groups in total. The molecule has 5 heteroatoms. The molecule has 1 unspecified atom stereocenters. The smallest absolute Gasteiger partial charge is 0.224 e. The Hall–Kier alpha value is -1.26. The molecule has 1 atom stereocenters. The van der Waals surface area contributed by atoms with Crippen LogP contribution in [0.15, 0.2) is 18.2 Å². The largest absolute Gasteiger partial charge is 0.489 e. The average Bonchev–Trinajstić information content (AvgIpc) is 2.31. The molecule has 0 aliphatic heterocycles. The van der Waals surface area contributed by atoms with Crippen molar-refractivity contribution in [3.8, 4) is 5.75 Å². The lowest BCUT2D eigenvalue weighted by molar-refractivity contribution is -0.116. The highest BCUT2D eigenvalue weighted by atomic mass is 35.5. The summed E-state index contributed by atoms with van der Waals surface area (Å²) in [5.41, 5.74) is 6.32. The number of benzene rings is 1. The van der Waals surface area contributed by atoms with Gasteiger partial charge < -0.3 is 15.8 Å². The highest BCUT2D eigenvalue weighted by Crippen LogP contribution is 2.28. The molecule has 0 bridgehead atoms. The predicted molar refractivity (Wildman–Crippen MR) is 83.3 cm³/mol. The molecule has 1 amide bonds. The Morgan fingerprint density at radius 2 is 2.10 bits per heavy atom. The van der Waals surface area contributed by atoms with E-state index in [0.717, 1.165) is 12.8 Å². The van der Waals surface area contributed by atoms with Crippen molar-refractivity contribution in [1.29, 1.82) is 0 Å². The summed E-state index contributed by atoms with van der Waals surface area (Å²) in [6, 6.07) is 5.38. The second-order valence-corrected chi connectivity index (χ2v) is 5.64. The molecule has 1 rings (SSSR count). The van der Waals surface area contributed by atoms with Gasteiger partial charge in [0.25, 0.3) is 0 Å². The minimum atomic E-state index is -0.0285. The molecule has 0 spiro atoms. The van der Waals surface area contributed by atoms with Crippen molar-refractivity contribution in [1.82, 2.24) is 0 Å². The summed E-state index contributed by atoms with van der Waals surface area (Å²) in [5, 5.41) is 3.31. The monoisotopic (exact) mass is 298 g/mol. The number of carbonyl (C=O) groups excluding carboxylic acids is 1. The number of amides is 1. The molecule has 4 nitrogen and oxygen atoms in total. The van der Waals surface area contributed by atoms with Crippen LogP contribution in [0.4, 0.5) is 5.69 Å². The lowest BCUT2D eigenvalue weighted by atomic mass is 10.1. The van der Waals surface area contributed by atoms with Crippen molar-refractivity contribution in [3.63, 3.8) is 0 Å². The van der Waals surface area contributed by atoms with Crippen LogP contribution in [-0.2, 0) is 4.79 Å². The summed E-state index contributed by atoms with van der Waals surface area (Å²) in [4.78, 5) is 11.7. The Morgan fingerprint density at radius 3 is 2.65 bits per heavy atom. The summed E-state index contributed by atoms with van der Waals surface area (Å²) in [5.74, 6) is 0.593. The Morgan fingerprint density at radius 1 is 1.40 bits per heavy atom. The highest BCUT2D eigenvalue weighted by Gasteiger charge is 2.08. The lowest BCUT2D eigenvalue weighted by Gasteiger charge is -2.13. The van der Waals surface area contributed by atoms with E-state index in [1.165, 1.54) is 0 Å². The van der Waals surface area contributed by atoms with Crippen molar-refractivity contribution in [3.05, 3.63) is 23.2 Å². The van der Waals surface area contributed by atoms with E-state index in [1.54, 1.807) is 18.2 Å². The zero-order chi connectivity index (χ0) is 15.1. The molecule has 0 saturated carbocycles. The van der Waals surface area contributed by atoms with E-state index in [2.05, 4.69) is 5.32 Å². The standard InChI is InChI=1S/C15H23ClN2O2/c1-10(2)20-14-8-7-12(9-13(14)16)18-15(19)6-4-5-11(3)17/h7-11H,4-6,17H2,1-3H3,(H,18,19). The third kappa shape index (κ3) is 6.26. The Bertz CT molecular complexity index is 447. The van der Waals surface area contributed by atoms with E-state index in [0.29, 0.717) is 22.9 Å². The van der Waals surface area contributed by atoms with Gasteiger partial charge in [-0.05, 0) is 51.8 Å². The minimum absolute atomic E-state index is 0.0285. The minimum Gasteiger partial charge on any atom is -0.489 e. The molecule has 0 saturated heterocycles. The van der Waals surface area contributed by atoms with Gasteiger partial charge in [0.05, 0.1) is 11.1 Å². The first-order valence-corrected chi connectivity index (χ1v) is 7.28. The molecular weight excluding hydrogens is 276 g/mol. The lowest BCUT2D eigenvalue weighted by Crippen LogP contribution is -2.16. The van der Waals surface area contributed by atoms with Gasteiger partial charge in [-0.3, -0.25) is 4.79 Å². The molecule has 112 valence electrons. The quantitative estimate of drug-likeness (QED) is 0.808. The first-order chi connectivity index (χ1) is 9.38. The van der Waals surface area contributed by atoms with Crippen molar-refractivity contribution in [2.24, 2.45) is 5.73 Å². The van der Waals surface area contributed by atoms with Crippen molar-refractivity contribution in [2.45, 2.75) is 52.2 Å². The molecule has 0 aliphatic carbocycles. The maximum absolute atomic E-state index is 11.7. The van der Waals surface area contributed by atoms with Crippen LogP contribution in [0.2, 0.25) is 5.02 Å². The first-order valence-electron chi connectivity index (χ1n) is 6.90. The SMILES string of the molecule is CC(N)CCCC(=O)Nc1ccc(OC(C)C)c(Cl)c1. The molecule has 20 heavy (non-hydrogen) atoms. The molecule has 0 aliphatic rings.